The van der Waals surface area contributed by atoms with Gasteiger partial charge in [0, 0.05) is 23.6 Å². The molecular formula is C25H26O5. The van der Waals surface area contributed by atoms with Crippen molar-refractivity contribution in [2.45, 2.75) is 40.5 Å². The number of fused-ring (bicyclic) bond motifs is 1. The lowest BCUT2D eigenvalue weighted by atomic mass is 9.91. The Morgan fingerprint density at radius 1 is 1.10 bits per heavy atom. The molecule has 1 aromatic heterocycles. The third-order valence-corrected chi connectivity index (χ3v) is 4.91. The molecule has 0 fully saturated rings. The summed E-state index contributed by atoms with van der Waals surface area (Å²) in [7, 11) is 0. The molecule has 3 rings (SSSR count). The van der Waals surface area contributed by atoms with Crippen LogP contribution in [0.3, 0.4) is 0 Å². The third-order valence-electron chi connectivity index (χ3n) is 4.91. The molecular weight excluding hydrogens is 380 g/mol. The van der Waals surface area contributed by atoms with Gasteiger partial charge in [-0.1, -0.05) is 55.8 Å². The van der Waals surface area contributed by atoms with Gasteiger partial charge < -0.3 is 14.6 Å². The molecule has 0 amide bonds. The van der Waals surface area contributed by atoms with Crippen LogP contribution in [0.15, 0.2) is 57.3 Å². The van der Waals surface area contributed by atoms with Gasteiger partial charge in [0.25, 0.3) is 0 Å². The van der Waals surface area contributed by atoms with Crippen LogP contribution in [-0.4, -0.2) is 16.0 Å². The molecule has 1 heterocycles. The Kier molecular flexibility index (Phi) is 6.11. The van der Waals surface area contributed by atoms with Gasteiger partial charge in [-0.15, -0.1) is 0 Å². The summed E-state index contributed by atoms with van der Waals surface area (Å²) in [5, 5.41) is 22.3. The van der Waals surface area contributed by atoms with Gasteiger partial charge in [-0.05, 0) is 31.7 Å². The fourth-order valence-electron chi connectivity index (χ4n) is 3.50. The normalized spacial score (nSPS) is 11.1. The van der Waals surface area contributed by atoms with Crippen molar-refractivity contribution in [3.05, 3.63) is 69.6 Å². The molecule has 156 valence electrons. The van der Waals surface area contributed by atoms with Crippen molar-refractivity contribution in [1.29, 1.82) is 0 Å². The second-order valence-electron chi connectivity index (χ2n) is 8.11. The first-order chi connectivity index (χ1) is 14.2. The molecule has 30 heavy (non-hydrogen) atoms. The summed E-state index contributed by atoms with van der Waals surface area (Å²) in [6.07, 6.45) is 2.28. The summed E-state index contributed by atoms with van der Waals surface area (Å²) >= 11 is 0. The van der Waals surface area contributed by atoms with E-state index in [1.165, 1.54) is 6.07 Å². The van der Waals surface area contributed by atoms with E-state index in [-0.39, 0.29) is 58.1 Å². The van der Waals surface area contributed by atoms with Crippen LogP contribution in [0.4, 0.5) is 0 Å². The maximum atomic E-state index is 13.0. The van der Waals surface area contributed by atoms with E-state index in [0.717, 1.165) is 5.57 Å². The average molecular weight is 406 g/mol. The molecule has 0 atom stereocenters. The smallest absolute Gasteiger partial charge is 0.336 e. The lowest BCUT2D eigenvalue weighted by molar-refractivity contribution is 0.0965. The number of allylic oxidation sites excluding steroid dienone is 2. The minimum absolute atomic E-state index is 0.0472. The number of rotatable bonds is 6. The average Bonchev–Trinajstić information content (AvgIpc) is 2.67. The molecule has 5 heteroatoms. The Bertz CT molecular complexity index is 1180. The molecule has 0 aliphatic heterocycles. The molecule has 0 spiro atoms. The van der Waals surface area contributed by atoms with Gasteiger partial charge in [0.1, 0.15) is 17.1 Å². The lowest BCUT2D eigenvalue weighted by Gasteiger charge is -2.17. The van der Waals surface area contributed by atoms with E-state index in [1.807, 2.05) is 64.1 Å². The second kappa shape index (κ2) is 8.57. The van der Waals surface area contributed by atoms with E-state index >= 15 is 0 Å². The number of phenols is 2. The summed E-state index contributed by atoms with van der Waals surface area (Å²) in [4.78, 5) is 25.4. The van der Waals surface area contributed by atoms with E-state index in [9.17, 15) is 19.8 Å². The van der Waals surface area contributed by atoms with Gasteiger partial charge in [-0.2, -0.15) is 0 Å². The maximum absolute atomic E-state index is 13.0. The Hall–Kier alpha value is -3.34. The highest BCUT2D eigenvalue weighted by Crippen LogP contribution is 2.44. The summed E-state index contributed by atoms with van der Waals surface area (Å²) in [5.74, 6) is -0.814. The highest BCUT2D eigenvalue weighted by atomic mass is 16.4. The zero-order chi connectivity index (χ0) is 22.0. The van der Waals surface area contributed by atoms with Crippen LogP contribution in [-0.2, 0) is 6.42 Å². The number of carbonyl (C=O) groups is 1. The fraction of sp³-hybridized carbons (Fsp3) is 0.280. The predicted molar refractivity (Wildman–Crippen MR) is 118 cm³/mol. The van der Waals surface area contributed by atoms with Crippen molar-refractivity contribution in [1.82, 2.24) is 0 Å². The van der Waals surface area contributed by atoms with Crippen LogP contribution in [0.2, 0.25) is 0 Å². The van der Waals surface area contributed by atoms with Gasteiger partial charge in [-0.25, -0.2) is 4.79 Å². The zero-order valence-corrected chi connectivity index (χ0v) is 17.7. The Morgan fingerprint density at radius 3 is 2.37 bits per heavy atom. The number of benzene rings is 2. The zero-order valence-electron chi connectivity index (χ0n) is 17.7. The first kappa shape index (κ1) is 21.4. The second-order valence-corrected chi connectivity index (χ2v) is 8.11. The fourth-order valence-corrected chi connectivity index (χ4v) is 3.50. The number of carbonyl (C=O) groups excluding carboxylic acids is 1. The van der Waals surface area contributed by atoms with Crippen LogP contribution in [0.25, 0.3) is 22.1 Å². The first-order valence-corrected chi connectivity index (χ1v) is 9.97. The van der Waals surface area contributed by atoms with Crippen LogP contribution in [0.5, 0.6) is 11.5 Å². The maximum Gasteiger partial charge on any atom is 0.336 e. The minimum Gasteiger partial charge on any atom is -0.507 e. The standard InChI is InChI=1S/C25H26O5/c1-14(2)10-11-17-23(28)21-18(16-8-6-5-7-9-16)13-20(27)30-25(21)22(24(17)29)19(26)12-15(3)4/h5-10,13,15,28-29H,11-12H2,1-4H3. The molecule has 0 saturated carbocycles. The molecule has 3 aromatic rings. The molecule has 0 aliphatic rings. The van der Waals surface area contributed by atoms with E-state index < -0.39 is 5.63 Å². The van der Waals surface area contributed by atoms with Crippen LogP contribution >= 0.6 is 0 Å². The topological polar surface area (TPSA) is 87.7 Å². The Morgan fingerprint density at radius 2 is 1.77 bits per heavy atom. The van der Waals surface area contributed by atoms with Gasteiger partial charge in [0.05, 0.1) is 5.39 Å². The number of phenolic OH excluding ortho intramolecular Hbond substituents is 2. The largest absolute Gasteiger partial charge is 0.507 e. The van der Waals surface area contributed by atoms with Crippen molar-refractivity contribution >= 4 is 16.8 Å². The number of hydrogen-bond acceptors (Lipinski definition) is 5. The molecule has 5 nitrogen and oxygen atoms in total. The summed E-state index contributed by atoms with van der Waals surface area (Å²) < 4.78 is 5.39. The third kappa shape index (κ3) is 4.15. The van der Waals surface area contributed by atoms with Gasteiger partial charge >= 0.3 is 5.63 Å². The van der Waals surface area contributed by atoms with Crippen molar-refractivity contribution in [3.63, 3.8) is 0 Å². The number of Topliss-reactive ketones (excluding diaryl/α,β-unsaturated/α-hetero) is 1. The Labute approximate surface area is 175 Å². The summed E-state index contributed by atoms with van der Waals surface area (Å²) in [6, 6.07) is 10.4. The molecule has 0 unspecified atom stereocenters. The summed E-state index contributed by atoms with van der Waals surface area (Å²) in [5.41, 5.74) is 1.61. The first-order valence-electron chi connectivity index (χ1n) is 9.97. The van der Waals surface area contributed by atoms with Crippen molar-refractivity contribution in [2.24, 2.45) is 5.92 Å². The molecule has 0 radical (unpaired) electrons. The number of ketones is 1. The van der Waals surface area contributed by atoms with Gasteiger partial charge in [0.2, 0.25) is 0 Å². The SMILES string of the molecule is CC(C)=CCc1c(O)c(C(=O)CC(C)C)c2oc(=O)cc(-c3ccccc3)c2c1O. The monoisotopic (exact) mass is 406 g/mol. The van der Waals surface area contributed by atoms with Crippen molar-refractivity contribution in [3.8, 4) is 22.6 Å². The molecule has 2 N–H and O–H groups in total. The highest BCUT2D eigenvalue weighted by Gasteiger charge is 2.27. The van der Waals surface area contributed by atoms with Crippen LogP contribution in [0.1, 0.15) is 50.0 Å². The van der Waals surface area contributed by atoms with Gasteiger partial charge in [-0.3, -0.25) is 4.79 Å². The number of aromatic hydroxyl groups is 2. The number of hydrogen-bond donors (Lipinski definition) is 2. The van der Waals surface area contributed by atoms with E-state index in [2.05, 4.69) is 0 Å². The molecule has 0 bridgehead atoms. The van der Waals surface area contributed by atoms with E-state index in [0.29, 0.717) is 11.1 Å². The lowest BCUT2D eigenvalue weighted by Crippen LogP contribution is -2.09. The minimum atomic E-state index is -0.657. The van der Waals surface area contributed by atoms with Crippen molar-refractivity contribution in [2.75, 3.05) is 0 Å². The quantitative estimate of drug-likeness (QED) is 0.316. The molecule has 0 aliphatic carbocycles. The highest BCUT2D eigenvalue weighted by molar-refractivity contribution is 6.13. The molecule has 2 aromatic carbocycles. The Balaban J connectivity index is 2.46. The van der Waals surface area contributed by atoms with E-state index in [4.69, 9.17) is 4.42 Å². The summed E-state index contributed by atoms with van der Waals surface area (Å²) in [6.45, 7) is 7.61. The van der Waals surface area contributed by atoms with Gasteiger partial charge in [0.15, 0.2) is 11.4 Å². The van der Waals surface area contributed by atoms with Crippen LogP contribution in [0, 0.1) is 5.92 Å². The predicted octanol–water partition coefficient (Wildman–Crippen LogP) is 5.61. The van der Waals surface area contributed by atoms with Crippen LogP contribution < -0.4 is 5.63 Å². The molecule has 0 saturated heterocycles. The van der Waals surface area contributed by atoms with E-state index in [1.54, 1.807) is 0 Å². The van der Waals surface area contributed by atoms with Crippen molar-refractivity contribution < 1.29 is 19.4 Å².